The first-order chi connectivity index (χ1) is 8.76. The molecule has 1 aliphatic rings. The molecule has 0 saturated heterocycles. The topological polar surface area (TPSA) is 24.7 Å². The van der Waals surface area contributed by atoms with Crippen molar-refractivity contribution in [1.29, 1.82) is 0 Å². The molecule has 0 aliphatic heterocycles. The van der Waals surface area contributed by atoms with E-state index in [1.54, 1.807) is 4.90 Å². The molecule has 0 bridgehead atoms. The average molecular weight is 248 g/mol. The molecule has 0 heterocycles. The molecule has 0 unspecified atom stereocenters. The monoisotopic (exact) mass is 248 g/mol. The van der Waals surface area contributed by atoms with Crippen LogP contribution in [0.5, 0.6) is 5.75 Å². The highest BCUT2D eigenvalue weighted by atomic mass is 16.3. The Morgan fingerprint density at radius 3 is 2.61 bits per heavy atom. The summed E-state index contributed by atoms with van der Waals surface area (Å²) in [5.41, 5.74) is 2.57. The summed E-state index contributed by atoms with van der Waals surface area (Å²) in [5, 5.41) is 10.0. The molecule has 100 valence electrons. The molecule has 18 heavy (non-hydrogen) atoms. The minimum absolute atomic E-state index is 0.504. The van der Waals surface area contributed by atoms with Gasteiger partial charge in [-0.3, -0.25) is 0 Å². The van der Waals surface area contributed by atoms with Gasteiger partial charge in [0.1, 0.15) is 5.75 Å². The van der Waals surface area contributed by atoms with Crippen molar-refractivity contribution in [2.45, 2.75) is 52.0 Å². The van der Waals surface area contributed by atoms with Gasteiger partial charge < -0.3 is 10.0 Å². The van der Waals surface area contributed by atoms with Gasteiger partial charge in [0.05, 0.1) is 19.1 Å². The van der Waals surface area contributed by atoms with Crippen molar-refractivity contribution in [1.82, 2.24) is 0 Å². The van der Waals surface area contributed by atoms with Crippen LogP contribution in [0.15, 0.2) is 18.2 Å². The van der Waals surface area contributed by atoms with Crippen molar-refractivity contribution in [2.75, 3.05) is 13.1 Å². The van der Waals surface area contributed by atoms with Gasteiger partial charge in [0.2, 0.25) is 0 Å². The van der Waals surface area contributed by atoms with E-state index in [-0.39, 0.29) is 0 Å². The summed E-state index contributed by atoms with van der Waals surface area (Å²) in [5.74, 6) is 0.504. The predicted octanol–water partition coefficient (Wildman–Crippen LogP) is 1.95. The van der Waals surface area contributed by atoms with Crippen molar-refractivity contribution in [3.8, 4) is 5.75 Å². The standard InChI is InChI=1S/C16H25NO/c1-3-10-17(11-4-2)14-9-8-13-6-5-7-16(18)15(13)12-14/h5-7,14,18H,3-4,8-12H2,1-2H3/p+1/t14-/m1/s1. The molecular formula is C16H26NO+. The fourth-order valence-electron chi connectivity index (χ4n) is 3.29. The lowest BCUT2D eigenvalue weighted by Gasteiger charge is -2.32. The Morgan fingerprint density at radius 2 is 1.94 bits per heavy atom. The van der Waals surface area contributed by atoms with E-state index in [2.05, 4.69) is 19.9 Å². The van der Waals surface area contributed by atoms with Crippen molar-refractivity contribution in [2.24, 2.45) is 0 Å². The number of phenolic OH excluding ortho intramolecular Hbond substituents is 1. The van der Waals surface area contributed by atoms with Gasteiger partial charge in [-0.15, -0.1) is 0 Å². The second kappa shape index (κ2) is 6.24. The molecule has 0 radical (unpaired) electrons. The van der Waals surface area contributed by atoms with Crippen LogP contribution in [0.2, 0.25) is 0 Å². The van der Waals surface area contributed by atoms with Crippen molar-refractivity contribution >= 4 is 0 Å². The van der Waals surface area contributed by atoms with Crippen LogP contribution in [0.3, 0.4) is 0 Å². The van der Waals surface area contributed by atoms with Gasteiger partial charge in [-0.2, -0.15) is 0 Å². The van der Waals surface area contributed by atoms with Crippen molar-refractivity contribution < 1.29 is 10.0 Å². The molecule has 1 aromatic carbocycles. The minimum atomic E-state index is 0.504. The molecule has 2 heteroatoms. The van der Waals surface area contributed by atoms with Crippen LogP contribution >= 0.6 is 0 Å². The molecule has 1 aromatic rings. The first-order valence-corrected chi connectivity index (χ1v) is 7.40. The van der Waals surface area contributed by atoms with Crippen LogP contribution in [0.25, 0.3) is 0 Å². The van der Waals surface area contributed by atoms with Gasteiger partial charge in [0, 0.05) is 18.4 Å². The number of fused-ring (bicyclic) bond motifs is 1. The first-order valence-electron chi connectivity index (χ1n) is 7.40. The van der Waals surface area contributed by atoms with Crippen LogP contribution in [-0.2, 0) is 12.8 Å². The lowest BCUT2D eigenvalue weighted by atomic mass is 9.86. The van der Waals surface area contributed by atoms with Crippen LogP contribution in [-0.4, -0.2) is 24.2 Å². The zero-order chi connectivity index (χ0) is 13.0. The summed E-state index contributed by atoms with van der Waals surface area (Å²) in [7, 11) is 0. The molecule has 2 rings (SSSR count). The molecule has 0 spiro atoms. The maximum atomic E-state index is 10.0. The third kappa shape index (κ3) is 2.86. The maximum absolute atomic E-state index is 10.0. The van der Waals surface area contributed by atoms with E-state index in [4.69, 9.17) is 0 Å². The largest absolute Gasteiger partial charge is 0.508 e. The Balaban J connectivity index is 2.12. The Bertz CT molecular complexity index is 383. The van der Waals surface area contributed by atoms with Crippen LogP contribution < -0.4 is 4.90 Å². The molecule has 0 fully saturated rings. The average Bonchev–Trinajstić information content (AvgIpc) is 2.39. The van der Waals surface area contributed by atoms with Crippen LogP contribution in [0, 0.1) is 0 Å². The number of nitrogens with one attached hydrogen (secondary N) is 1. The van der Waals surface area contributed by atoms with E-state index in [1.165, 1.54) is 43.5 Å². The minimum Gasteiger partial charge on any atom is -0.508 e. The Labute approximate surface area is 111 Å². The molecule has 2 nitrogen and oxygen atoms in total. The number of benzene rings is 1. The van der Waals surface area contributed by atoms with Crippen LogP contribution in [0.1, 0.15) is 44.2 Å². The maximum Gasteiger partial charge on any atom is 0.119 e. The highest BCUT2D eigenvalue weighted by Gasteiger charge is 2.27. The fraction of sp³-hybridized carbons (Fsp3) is 0.625. The quantitative estimate of drug-likeness (QED) is 0.818. The lowest BCUT2D eigenvalue weighted by Crippen LogP contribution is -3.16. The summed E-state index contributed by atoms with van der Waals surface area (Å²) in [6, 6.07) is 6.67. The Hall–Kier alpha value is -1.02. The zero-order valence-electron chi connectivity index (χ0n) is 11.7. The predicted molar refractivity (Wildman–Crippen MR) is 75.2 cm³/mol. The van der Waals surface area contributed by atoms with Crippen LogP contribution in [0.4, 0.5) is 0 Å². The van der Waals surface area contributed by atoms with Crippen molar-refractivity contribution in [3.63, 3.8) is 0 Å². The number of hydrogen-bond acceptors (Lipinski definition) is 1. The molecule has 0 amide bonds. The molecular weight excluding hydrogens is 222 g/mol. The third-order valence-electron chi connectivity index (χ3n) is 4.18. The molecule has 1 atom stereocenters. The number of rotatable bonds is 5. The van der Waals surface area contributed by atoms with E-state index >= 15 is 0 Å². The van der Waals surface area contributed by atoms with Gasteiger partial charge in [0.25, 0.3) is 0 Å². The smallest absolute Gasteiger partial charge is 0.119 e. The number of hydrogen-bond donors (Lipinski definition) is 2. The summed E-state index contributed by atoms with van der Waals surface area (Å²) < 4.78 is 0. The summed E-state index contributed by atoms with van der Waals surface area (Å²) in [4.78, 5) is 1.73. The molecule has 1 aliphatic carbocycles. The lowest BCUT2D eigenvalue weighted by molar-refractivity contribution is -0.926. The summed E-state index contributed by atoms with van der Waals surface area (Å²) in [6.07, 6.45) is 5.95. The van der Waals surface area contributed by atoms with E-state index in [0.29, 0.717) is 11.8 Å². The third-order valence-corrected chi connectivity index (χ3v) is 4.18. The highest BCUT2D eigenvalue weighted by Crippen LogP contribution is 2.27. The second-order valence-electron chi connectivity index (χ2n) is 5.51. The Kier molecular flexibility index (Phi) is 4.65. The highest BCUT2D eigenvalue weighted by molar-refractivity contribution is 5.41. The van der Waals surface area contributed by atoms with E-state index in [9.17, 15) is 5.11 Å². The van der Waals surface area contributed by atoms with E-state index < -0.39 is 0 Å². The number of quaternary nitrogens is 1. The SMILES string of the molecule is CCC[NH+](CCC)[C@@H]1CCc2cccc(O)c2C1. The molecule has 0 aromatic heterocycles. The van der Waals surface area contributed by atoms with Gasteiger partial charge in [-0.05, 0) is 30.9 Å². The summed E-state index contributed by atoms with van der Waals surface area (Å²) in [6.45, 7) is 7.07. The second-order valence-corrected chi connectivity index (χ2v) is 5.51. The zero-order valence-corrected chi connectivity index (χ0v) is 11.7. The number of aryl methyl sites for hydroxylation is 1. The van der Waals surface area contributed by atoms with Gasteiger partial charge in [-0.25, -0.2) is 0 Å². The first kappa shape index (κ1) is 13.4. The number of aromatic hydroxyl groups is 1. The molecule has 2 N–H and O–H groups in total. The Morgan fingerprint density at radius 1 is 1.22 bits per heavy atom. The van der Waals surface area contributed by atoms with E-state index in [0.717, 1.165) is 12.8 Å². The van der Waals surface area contributed by atoms with E-state index in [1.807, 2.05) is 12.1 Å². The van der Waals surface area contributed by atoms with Gasteiger partial charge >= 0.3 is 0 Å². The summed E-state index contributed by atoms with van der Waals surface area (Å²) >= 11 is 0. The molecule has 0 saturated carbocycles. The fourth-order valence-corrected chi connectivity index (χ4v) is 3.29. The van der Waals surface area contributed by atoms with Gasteiger partial charge in [-0.1, -0.05) is 26.0 Å². The normalized spacial score (nSPS) is 18.9. The number of phenols is 1. The van der Waals surface area contributed by atoms with Crippen molar-refractivity contribution in [3.05, 3.63) is 29.3 Å². The van der Waals surface area contributed by atoms with Gasteiger partial charge in [0.15, 0.2) is 0 Å².